The summed E-state index contributed by atoms with van der Waals surface area (Å²) in [5, 5.41) is 28.1. The van der Waals surface area contributed by atoms with Gasteiger partial charge in [0, 0.05) is 0 Å². The third kappa shape index (κ3) is 3.65. The Hall–Kier alpha value is -2.16. The Kier molecular flexibility index (Phi) is 4.29. The van der Waals surface area contributed by atoms with Gasteiger partial charge in [-0.25, -0.2) is 0 Å². The molecule has 100 valence electrons. The van der Waals surface area contributed by atoms with Gasteiger partial charge in [0.1, 0.15) is 0 Å². The van der Waals surface area contributed by atoms with E-state index in [-0.39, 0.29) is 11.5 Å². The Morgan fingerprint density at radius 3 is 1.79 bits per heavy atom. The molecule has 19 heavy (non-hydrogen) atoms. The Morgan fingerprint density at radius 2 is 1.21 bits per heavy atom. The van der Waals surface area contributed by atoms with Gasteiger partial charge in [0.2, 0.25) is 0 Å². The highest BCUT2D eigenvalue weighted by atomic mass is 16.3. The van der Waals surface area contributed by atoms with Gasteiger partial charge >= 0.3 is 0 Å². The third-order valence-electron chi connectivity index (χ3n) is 3.15. The van der Waals surface area contributed by atoms with E-state index in [4.69, 9.17) is 0 Å². The topological polar surface area (TPSA) is 60.7 Å². The molecule has 0 aliphatic carbocycles. The second-order valence-corrected chi connectivity index (χ2v) is 4.68. The minimum atomic E-state index is -0.451. The molecule has 0 aromatic heterocycles. The fourth-order valence-corrected chi connectivity index (χ4v) is 2.11. The van der Waals surface area contributed by atoms with E-state index in [9.17, 15) is 15.3 Å². The summed E-state index contributed by atoms with van der Waals surface area (Å²) in [6.45, 7) is 0. The van der Waals surface area contributed by atoms with Crippen molar-refractivity contribution in [2.75, 3.05) is 0 Å². The maximum absolute atomic E-state index is 9.41. The lowest BCUT2D eigenvalue weighted by atomic mass is 10.0. The molecule has 2 aromatic rings. The van der Waals surface area contributed by atoms with Gasteiger partial charge in [-0.05, 0) is 48.9 Å². The number of aryl methyl sites for hydroxylation is 2. The highest BCUT2D eigenvalue weighted by Crippen LogP contribution is 2.35. The molecule has 0 spiro atoms. The molecule has 3 heteroatoms. The Labute approximate surface area is 112 Å². The lowest BCUT2D eigenvalue weighted by Crippen LogP contribution is -1.89. The van der Waals surface area contributed by atoms with Crippen molar-refractivity contribution < 1.29 is 15.3 Å². The van der Waals surface area contributed by atoms with Crippen molar-refractivity contribution in [3.05, 3.63) is 53.6 Å². The molecule has 3 N–H and O–H groups in total. The van der Waals surface area contributed by atoms with Crippen LogP contribution in [0.1, 0.15) is 24.0 Å². The van der Waals surface area contributed by atoms with E-state index < -0.39 is 5.75 Å². The predicted molar refractivity (Wildman–Crippen MR) is 74.5 cm³/mol. The summed E-state index contributed by atoms with van der Waals surface area (Å²) in [7, 11) is 0. The average molecular weight is 258 g/mol. The van der Waals surface area contributed by atoms with Crippen LogP contribution < -0.4 is 0 Å². The van der Waals surface area contributed by atoms with Gasteiger partial charge in [-0.1, -0.05) is 30.3 Å². The number of unbranched alkanes of at least 4 members (excludes halogenated alkanes) is 1. The zero-order chi connectivity index (χ0) is 13.7. The first-order valence-electron chi connectivity index (χ1n) is 6.44. The molecule has 0 amide bonds. The van der Waals surface area contributed by atoms with Crippen molar-refractivity contribution in [3.63, 3.8) is 0 Å². The lowest BCUT2D eigenvalue weighted by molar-refractivity contribution is 0.367. The molecule has 2 aromatic carbocycles. The number of hydrogen-bond donors (Lipinski definition) is 3. The summed E-state index contributed by atoms with van der Waals surface area (Å²) in [6.07, 6.45) is 3.82. The van der Waals surface area contributed by atoms with E-state index in [1.807, 2.05) is 18.2 Å². The minimum Gasteiger partial charge on any atom is -0.504 e. The van der Waals surface area contributed by atoms with Gasteiger partial charge in [-0.3, -0.25) is 0 Å². The van der Waals surface area contributed by atoms with Gasteiger partial charge in [0.25, 0.3) is 0 Å². The van der Waals surface area contributed by atoms with Crippen LogP contribution in [0, 0.1) is 0 Å². The van der Waals surface area contributed by atoms with Crippen molar-refractivity contribution >= 4 is 0 Å². The van der Waals surface area contributed by atoms with Crippen LogP contribution in [0.25, 0.3) is 0 Å². The smallest absolute Gasteiger partial charge is 0.200 e. The highest BCUT2D eigenvalue weighted by molar-refractivity contribution is 5.51. The first-order chi connectivity index (χ1) is 9.16. The Morgan fingerprint density at radius 1 is 0.684 bits per heavy atom. The molecule has 0 aliphatic heterocycles. The SMILES string of the molecule is Oc1cc(CCCCc2ccccc2)cc(O)c1O. The zero-order valence-electron chi connectivity index (χ0n) is 10.7. The van der Waals surface area contributed by atoms with E-state index in [1.54, 1.807) is 0 Å². The van der Waals surface area contributed by atoms with Crippen molar-refractivity contribution in [3.8, 4) is 17.2 Å². The molecule has 0 fully saturated rings. The third-order valence-corrected chi connectivity index (χ3v) is 3.15. The van der Waals surface area contributed by atoms with Crippen molar-refractivity contribution in [2.45, 2.75) is 25.7 Å². The van der Waals surface area contributed by atoms with Crippen LogP contribution in [-0.4, -0.2) is 15.3 Å². The van der Waals surface area contributed by atoms with Crippen LogP contribution in [0.2, 0.25) is 0 Å². The predicted octanol–water partition coefficient (Wildman–Crippen LogP) is 3.37. The van der Waals surface area contributed by atoms with Crippen LogP contribution in [0.3, 0.4) is 0 Å². The summed E-state index contributed by atoms with van der Waals surface area (Å²) >= 11 is 0. The average Bonchev–Trinajstić information content (AvgIpc) is 2.42. The number of phenolic OH excluding ortho intramolecular Hbond substituents is 3. The van der Waals surface area contributed by atoms with Gasteiger partial charge in [0.05, 0.1) is 0 Å². The molecule has 0 saturated carbocycles. The number of benzene rings is 2. The van der Waals surface area contributed by atoms with Crippen molar-refractivity contribution in [2.24, 2.45) is 0 Å². The van der Waals surface area contributed by atoms with Gasteiger partial charge < -0.3 is 15.3 Å². The summed E-state index contributed by atoms with van der Waals surface area (Å²) in [6, 6.07) is 13.3. The van der Waals surface area contributed by atoms with Gasteiger partial charge in [-0.15, -0.1) is 0 Å². The van der Waals surface area contributed by atoms with Crippen LogP contribution in [0.5, 0.6) is 17.2 Å². The maximum Gasteiger partial charge on any atom is 0.200 e. The second-order valence-electron chi connectivity index (χ2n) is 4.68. The molecule has 0 radical (unpaired) electrons. The van der Waals surface area contributed by atoms with Crippen LogP contribution >= 0.6 is 0 Å². The molecule has 0 saturated heterocycles. The quantitative estimate of drug-likeness (QED) is 0.569. The largest absolute Gasteiger partial charge is 0.504 e. The summed E-state index contributed by atoms with van der Waals surface area (Å²) < 4.78 is 0. The van der Waals surface area contributed by atoms with Crippen molar-refractivity contribution in [1.29, 1.82) is 0 Å². The molecule has 0 heterocycles. The molecule has 3 nitrogen and oxygen atoms in total. The fraction of sp³-hybridized carbons (Fsp3) is 0.250. The molecule has 0 atom stereocenters. The van der Waals surface area contributed by atoms with E-state index in [1.165, 1.54) is 17.7 Å². The first kappa shape index (κ1) is 13.3. The molecular weight excluding hydrogens is 240 g/mol. The Bertz CT molecular complexity index is 512. The maximum atomic E-state index is 9.41. The van der Waals surface area contributed by atoms with E-state index in [0.29, 0.717) is 0 Å². The summed E-state index contributed by atoms with van der Waals surface area (Å²) in [4.78, 5) is 0. The molecule has 2 rings (SSSR count). The van der Waals surface area contributed by atoms with E-state index in [2.05, 4.69) is 12.1 Å². The van der Waals surface area contributed by atoms with Crippen LogP contribution in [0.4, 0.5) is 0 Å². The molecule has 0 unspecified atom stereocenters. The number of aromatic hydroxyl groups is 3. The number of rotatable bonds is 5. The standard InChI is InChI=1S/C16H18O3/c17-14-10-13(11-15(18)16(14)19)9-5-4-8-12-6-2-1-3-7-12/h1-3,6-7,10-11,17-19H,4-5,8-9H2. The summed E-state index contributed by atoms with van der Waals surface area (Å²) in [5.74, 6) is -0.982. The molecule has 0 bridgehead atoms. The van der Waals surface area contributed by atoms with E-state index in [0.717, 1.165) is 31.2 Å². The number of hydrogen-bond acceptors (Lipinski definition) is 3. The Balaban J connectivity index is 1.83. The fourth-order valence-electron chi connectivity index (χ4n) is 2.11. The normalized spacial score (nSPS) is 10.5. The second kappa shape index (κ2) is 6.14. The monoisotopic (exact) mass is 258 g/mol. The minimum absolute atomic E-state index is 0.266. The van der Waals surface area contributed by atoms with Crippen molar-refractivity contribution in [1.82, 2.24) is 0 Å². The van der Waals surface area contributed by atoms with E-state index >= 15 is 0 Å². The highest BCUT2D eigenvalue weighted by Gasteiger charge is 2.07. The molecular formula is C16H18O3. The summed E-state index contributed by atoms with van der Waals surface area (Å²) in [5.41, 5.74) is 2.15. The molecule has 0 aliphatic rings. The number of phenols is 3. The van der Waals surface area contributed by atoms with Crippen LogP contribution in [0.15, 0.2) is 42.5 Å². The zero-order valence-corrected chi connectivity index (χ0v) is 10.7. The van der Waals surface area contributed by atoms with Gasteiger partial charge in [-0.2, -0.15) is 0 Å². The van der Waals surface area contributed by atoms with Crippen LogP contribution in [-0.2, 0) is 12.8 Å². The van der Waals surface area contributed by atoms with Gasteiger partial charge in [0.15, 0.2) is 17.2 Å². The first-order valence-corrected chi connectivity index (χ1v) is 6.44. The lowest BCUT2D eigenvalue weighted by Gasteiger charge is -2.06.